The number of hydrogen-bond donors (Lipinski definition) is 2. The Labute approximate surface area is 147 Å². The first kappa shape index (κ1) is 18.4. The second-order valence-electron chi connectivity index (χ2n) is 5.51. The summed E-state index contributed by atoms with van der Waals surface area (Å²) in [6, 6.07) is 5.76. The summed E-state index contributed by atoms with van der Waals surface area (Å²) in [5, 5.41) is 27.1. The molecular formula is C16H7ClF5NO3. The minimum atomic E-state index is -5.24. The lowest BCUT2D eigenvalue weighted by Crippen LogP contribution is -2.48. The summed E-state index contributed by atoms with van der Waals surface area (Å²) in [5.74, 6) is -16.0. The molecule has 0 unspecified atom stereocenters. The quantitative estimate of drug-likeness (QED) is 0.599. The van der Waals surface area contributed by atoms with Gasteiger partial charge in [0.25, 0.3) is 5.79 Å². The fourth-order valence-electron chi connectivity index (χ4n) is 2.60. The number of rotatable bonds is 2. The molecule has 3 rings (SSSR count). The lowest BCUT2D eigenvalue weighted by atomic mass is 10.1. The Hall–Kier alpha value is -2.41. The van der Waals surface area contributed by atoms with Crippen LogP contribution in [0, 0.1) is 17.1 Å². The van der Waals surface area contributed by atoms with Gasteiger partial charge in [-0.05, 0) is 24.3 Å². The molecule has 26 heavy (non-hydrogen) atoms. The van der Waals surface area contributed by atoms with E-state index in [9.17, 15) is 32.2 Å². The van der Waals surface area contributed by atoms with Crippen LogP contribution < -0.4 is 4.74 Å². The number of benzene rings is 2. The molecule has 0 spiro atoms. The Morgan fingerprint density at radius 1 is 1.08 bits per heavy atom. The summed E-state index contributed by atoms with van der Waals surface area (Å²) in [5.41, 5.74) is -2.82. The van der Waals surface area contributed by atoms with Crippen LogP contribution in [-0.4, -0.2) is 16.1 Å². The Morgan fingerprint density at radius 3 is 2.35 bits per heavy atom. The monoisotopic (exact) mass is 391 g/mol. The highest BCUT2D eigenvalue weighted by Crippen LogP contribution is 2.61. The number of halogens is 6. The zero-order valence-corrected chi connectivity index (χ0v) is 13.2. The number of nitriles is 1. The van der Waals surface area contributed by atoms with Gasteiger partial charge in [-0.1, -0.05) is 11.6 Å². The second kappa shape index (κ2) is 5.54. The third-order valence-electron chi connectivity index (χ3n) is 3.85. The molecular weight excluding hydrogens is 385 g/mol. The van der Waals surface area contributed by atoms with Crippen molar-refractivity contribution < 1.29 is 36.9 Å². The molecule has 0 atom stereocenters. The lowest BCUT2D eigenvalue weighted by Gasteiger charge is -2.27. The number of ether oxygens (including phenoxy) is 1. The van der Waals surface area contributed by atoms with Crippen LogP contribution in [0.15, 0.2) is 30.3 Å². The zero-order valence-electron chi connectivity index (χ0n) is 12.4. The van der Waals surface area contributed by atoms with Crippen LogP contribution >= 0.6 is 11.6 Å². The molecule has 2 N–H and O–H groups in total. The Morgan fingerprint density at radius 2 is 1.73 bits per heavy atom. The van der Waals surface area contributed by atoms with Crippen molar-refractivity contribution in [1.29, 1.82) is 5.26 Å². The van der Waals surface area contributed by atoms with Gasteiger partial charge in [0.1, 0.15) is 17.3 Å². The largest absolute Gasteiger partial charge is 0.456 e. The smallest absolute Gasteiger partial charge is 0.371 e. The second-order valence-corrected chi connectivity index (χ2v) is 5.89. The van der Waals surface area contributed by atoms with Crippen molar-refractivity contribution in [3.8, 4) is 17.6 Å². The van der Waals surface area contributed by atoms with E-state index in [4.69, 9.17) is 21.6 Å². The van der Waals surface area contributed by atoms with E-state index in [0.717, 1.165) is 24.3 Å². The van der Waals surface area contributed by atoms with Crippen LogP contribution in [0.2, 0.25) is 5.02 Å². The predicted molar refractivity (Wildman–Crippen MR) is 77.6 cm³/mol. The van der Waals surface area contributed by atoms with Crippen molar-refractivity contribution in [2.24, 2.45) is 0 Å². The predicted octanol–water partition coefficient (Wildman–Crippen LogP) is 4.02. The van der Waals surface area contributed by atoms with Crippen LogP contribution in [0.3, 0.4) is 0 Å². The van der Waals surface area contributed by atoms with Crippen LogP contribution in [0.25, 0.3) is 0 Å². The van der Waals surface area contributed by atoms with Crippen molar-refractivity contribution in [3.63, 3.8) is 0 Å². The van der Waals surface area contributed by atoms with Crippen LogP contribution in [-0.2, 0) is 11.7 Å². The highest BCUT2D eigenvalue weighted by atomic mass is 35.5. The molecule has 0 amide bonds. The maximum atomic E-state index is 13.8. The molecule has 1 aliphatic carbocycles. The van der Waals surface area contributed by atoms with Crippen molar-refractivity contribution in [2.75, 3.05) is 0 Å². The maximum absolute atomic E-state index is 13.8. The standard InChI is InChI=1S/C16H7ClF5NO3/c17-13-11(26-9-4-7(6-23)3-8(18)5-9)2-1-10-12(13)15(24,25)16(21,22)14(10,19)20/h1-5,24-25H. The molecule has 0 heterocycles. The molecule has 2 aromatic carbocycles. The Balaban J connectivity index is 2.13. The molecule has 0 aliphatic heterocycles. The average molecular weight is 392 g/mol. The summed E-state index contributed by atoms with van der Waals surface area (Å²) >= 11 is 5.79. The number of hydrogen-bond acceptors (Lipinski definition) is 4. The van der Waals surface area contributed by atoms with E-state index in [1.54, 1.807) is 6.07 Å². The van der Waals surface area contributed by atoms with Gasteiger partial charge in [-0.15, -0.1) is 0 Å². The first-order chi connectivity index (χ1) is 11.9. The Bertz CT molecular complexity index is 956. The highest BCUT2D eigenvalue weighted by Gasteiger charge is 2.77. The van der Waals surface area contributed by atoms with Gasteiger partial charge in [0.15, 0.2) is 0 Å². The van der Waals surface area contributed by atoms with E-state index >= 15 is 0 Å². The fourth-order valence-corrected chi connectivity index (χ4v) is 2.93. The first-order valence-electron chi connectivity index (χ1n) is 6.86. The van der Waals surface area contributed by atoms with Gasteiger partial charge in [0, 0.05) is 17.2 Å². The van der Waals surface area contributed by atoms with Crippen molar-refractivity contribution in [3.05, 3.63) is 57.9 Å². The van der Waals surface area contributed by atoms with E-state index in [2.05, 4.69) is 0 Å². The molecule has 1 aliphatic rings. The third-order valence-corrected chi connectivity index (χ3v) is 4.23. The number of alkyl halides is 4. The lowest BCUT2D eigenvalue weighted by molar-refractivity contribution is -0.357. The molecule has 10 heteroatoms. The first-order valence-corrected chi connectivity index (χ1v) is 7.23. The normalized spacial score (nSPS) is 18.9. The van der Waals surface area contributed by atoms with Crippen molar-refractivity contribution >= 4 is 11.6 Å². The van der Waals surface area contributed by atoms with Crippen molar-refractivity contribution in [2.45, 2.75) is 17.6 Å². The number of fused-ring (bicyclic) bond motifs is 1. The van der Waals surface area contributed by atoms with Crippen molar-refractivity contribution in [1.82, 2.24) is 0 Å². The maximum Gasteiger partial charge on any atom is 0.371 e. The number of nitrogens with zero attached hydrogens (tertiary/aromatic N) is 1. The summed E-state index contributed by atoms with van der Waals surface area (Å²) in [6.07, 6.45) is 0. The average Bonchev–Trinajstić information content (AvgIpc) is 2.65. The van der Waals surface area contributed by atoms with Crippen LogP contribution in [0.4, 0.5) is 22.0 Å². The fraction of sp³-hybridized carbons (Fsp3) is 0.188. The summed E-state index contributed by atoms with van der Waals surface area (Å²) < 4.78 is 73.8. The Kier molecular flexibility index (Phi) is 3.92. The van der Waals surface area contributed by atoms with E-state index in [1.807, 2.05) is 0 Å². The molecule has 0 radical (unpaired) electrons. The molecule has 2 aromatic rings. The van der Waals surface area contributed by atoms with Gasteiger partial charge in [-0.25, -0.2) is 4.39 Å². The van der Waals surface area contributed by atoms with Gasteiger partial charge in [0.2, 0.25) is 0 Å². The topological polar surface area (TPSA) is 73.5 Å². The van der Waals surface area contributed by atoms with Gasteiger partial charge >= 0.3 is 11.8 Å². The molecule has 0 aromatic heterocycles. The van der Waals surface area contributed by atoms with Crippen LogP contribution in [0.1, 0.15) is 16.7 Å². The minimum Gasteiger partial charge on any atom is -0.456 e. The van der Waals surface area contributed by atoms with Gasteiger partial charge in [-0.2, -0.15) is 22.8 Å². The van der Waals surface area contributed by atoms with Gasteiger partial charge < -0.3 is 14.9 Å². The van der Waals surface area contributed by atoms with E-state index in [1.165, 1.54) is 0 Å². The molecule has 0 saturated carbocycles. The molecule has 136 valence electrons. The third kappa shape index (κ3) is 2.34. The molecule has 0 bridgehead atoms. The highest BCUT2D eigenvalue weighted by molar-refractivity contribution is 6.33. The molecule has 4 nitrogen and oxygen atoms in total. The van der Waals surface area contributed by atoms with Gasteiger partial charge in [0.05, 0.1) is 16.7 Å². The van der Waals surface area contributed by atoms with Gasteiger partial charge in [-0.3, -0.25) is 0 Å². The van der Waals surface area contributed by atoms with Crippen LogP contribution in [0.5, 0.6) is 11.5 Å². The zero-order chi connectivity index (χ0) is 19.5. The summed E-state index contributed by atoms with van der Waals surface area (Å²) in [4.78, 5) is 0. The van der Waals surface area contributed by atoms with E-state index in [-0.39, 0.29) is 11.3 Å². The minimum absolute atomic E-state index is 0.131. The SMILES string of the molecule is N#Cc1cc(F)cc(Oc2ccc3c(c2Cl)C(O)(O)C(F)(F)C3(F)F)c1. The summed E-state index contributed by atoms with van der Waals surface area (Å²) in [7, 11) is 0. The molecule has 0 saturated heterocycles. The summed E-state index contributed by atoms with van der Waals surface area (Å²) in [6.45, 7) is 0. The van der Waals surface area contributed by atoms with E-state index < -0.39 is 45.3 Å². The number of aliphatic hydroxyl groups is 2. The van der Waals surface area contributed by atoms with E-state index in [0.29, 0.717) is 6.07 Å². The molecule has 0 fully saturated rings.